The predicted molar refractivity (Wildman–Crippen MR) is 41.1 cm³/mol. The maximum absolute atomic E-state index is 5.51. The molecule has 0 aliphatic heterocycles. The van der Waals surface area contributed by atoms with Crippen LogP contribution in [0, 0.1) is 0 Å². The van der Waals surface area contributed by atoms with Crippen LogP contribution in [0.3, 0.4) is 0 Å². The first kappa shape index (κ1) is 11.4. The summed E-state index contributed by atoms with van der Waals surface area (Å²) in [6.45, 7) is 2.09. The van der Waals surface area contributed by atoms with Gasteiger partial charge in [-0.05, 0) is 21.0 Å². The molecule has 0 rings (SSSR count). The molecule has 0 aromatic carbocycles. The van der Waals surface area contributed by atoms with Gasteiger partial charge in [0.15, 0.2) is 0 Å². The lowest BCUT2D eigenvalue weighted by Gasteiger charge is -2.15. The van der Waals surface area contributed by atoms with Gasteiger partial charge in [0.1, 0.15) is 0 Å². The molecule has 1 unspecified atom stereocenters. The molecular formula is C5H13Cl2N. The van der Waals surface area contributed by atoms with Crippen LogP contribution in [0.2, 0.25) is 0 Å². The Morgan fingerprint density at radius 3 is 1.88 bits per heavy atom. The van der Waals surface area contributed by atoms with Gasteiger partial charge in [-0.25, -0.2) is 0 Å². The fourth-order valence-electron chi connectivity index (χ4n) is 0.138. The SMILES string of the molecule is CC(CCl)N(C)C.Cl. The van der Waals surface area contributed by atoms with Gasteiger partial charge in [0, 0.05) is 11.9 Å². The lowest BCUT2D eigenvalue weighted by Crippen LogP contribution is -2.25. The zero-order valence-electron chi connectivity index (χ0n) is 5.52. The Kier molecular flexibility index (Phi) is 8.05. The molecule has 0 bridgehead atoms. The number of alkyl halides is 1. The monoisotopic (exact) mass is 157 g/mol. The summed E-state index contributed by atoms with van der Waals surface area (Å²) in [5.74, 6) is 0.715. The van der Waals surface area contributed by atoms with Crippen LogP contribution >= 0.6 is 24.0 Å². The van der Waals surface area contributed by atoms with Crippen LogP contribution < -0.4 is 0 Å². The molecule has 0 heterocycles. The van der Waals surface area contributed by atoms with E-state index < -0.39 is 0 Å². The molecule has 0 aliphatic rings. The first-order valence-electron chi connectivity index (χ1n) is 2.41. The second-order valence-corrected chi connectivity index (χ2v) is 2.28. The third-order valence-electron chi connectivity index (χ3n) is 1.10. The third-order valence-corrected chi connectivity index (χ3v) is 1.55. The van der Waals surface area contributed by atoms with E-state index in [1.165, 1.54) is 0 Å². The van der Waals surface area contributed by atoms with E-state index in [2.05, 4.69) is 11.8 Å². The van der Waals surface area contributed by atoms with Gasteiger partial charge < -0.3 is 4.90 Å². The van der Waals surface area contributed by atoms with Crippen LogP contribution in [0.1, 0.15) is 6.92 Å². The largest absolute Gasteiger partial charge is 0.306 e. The highest BCUT2D eigenvalue weighted by molar-refractivity contribution is 6.18. The normalized spacial score (nSPS) is 13.1. The maximum Gasteiger partial charge on any atom is 0.0376 e. The van der Waals surface area contributed by atoms with Crippen molar-refractivity contribution < 1.29 is 0 Å². The number of nitrogens with zero attached hydrogens (tertiary/aromatic N) is 1. The Balaban J connectivity index is 0. The Morgan fingerprint density at radius 1 is 1.50 bits per heavy atom. The van der Waals surface area contributed by atoms with E-state index in [0.29, 0.717) is 11.9 Å². The topological polar surface area (TPSA) is 3.24 Å². The highest BCUT2D eigenvalue weighted by Gasteiger charge is 1.98. The number of rotatable bonds is 2. The quantitative estimate of drug-likeness (QED) is 0.551. The van der Waals surface area contributed by atoms with Crippen molar-refractivity contribution in [3.8, 4) is 0 Å². The van der Waals surface area contributed by atoms with Crippen molar-refractivity contribution in [3.63, 3.8) is 0 Å². The zero-order chi connectivity index (χ0) is 5.86. The summed E-state index contributed by atoms with van der Waals surface area (Å²) in [5, 5.41) is 0. The minimum absolute atomic E-state index is 0. The Morgan fingerprint density at radius 2 is 1.88 bits per heavy atom. The summed E-state index contributed by atoms with van der Waals surface area (Å²) >= 11 is 5.51. The van der Waals surface area contributed by atoms with Crippen molar-refractivity contribution in [2.75, 3.05) is 20.0 Å². The third kappa shape index (κ3) is 4.69. The first-order valence-corrected chi connectivity index (χ1v) is 2.94. The van der Waals surface area contributed by atoms with Crippen molar-refractivity contribution in [1.82, 2.24) is 4.90 Å². The van der Waals surface area contributed by atoms with Gasteiger partial charge in [0.25, 0.3) is 0 Å². The molecule has 0 aliphatic carbocycles. The molecule has 8 heavy (non-hydrogen) atoms. The van der Waals surface area contributed by atoms with Gasteiger partial charge >= 0.3 is 0 Å². The second kappa shape index (κ2) is 5.67. The number of hydrogen-bond donors (Lipinski definition) is 0. The maximum atomic E-state index is 5.51. The van der Waals surface area contributed by atoms with E-state index in [4.69, 9.17) is 11.6 Å². The first-order chi connectivity index (χ1) is 3.18. The van der Waals surface area contributed by atoms with E-state index in [9.17, 15) is 0 Å². The standard InChI is InChI=1S/C5H12ClN.ClH/c1-5(4-6)7(2)3;/h5H,4H2,1-3H3;1H. The van der Waals surface area contributed by atoms with Crippen molar-refractivity contribution in [2.24, 2.45) is 0 Å². The highest BCUT2D eigenvalue weighted by atomic mass is 35.5. The molecule has 1 nitrogen and oxygen atoms in total. The van der Waals surface area contributed by atoms with Crippen molar-refractivity contribution >= 4 is 24.0 Å². The van der Waals surface area contributed by atoms with Crippen molar-refractivity contribution in [1.29, 1.82) is 0 Å². The summed E-state index contributed by atoms with van der Waals surface area (Å²) in [7, 11) is 4.04. The van der Waals surface area contributed by atoms with Crippen molar-refractivity contribution in [3.05, 3.63) is 0 Å². The molecule has 0 radical (unpaired) electrons. The van der Waals surface area contributed by atoms with Gasteiger partial charge in [-0.2, -0.15) is 0 Å². The van der Waals surface area contributed by atoms with E-state index in [1.807, 2.05) is 14.1 Å². The Bertz CT molecular complexity index is 47.7. The molecule has 0 fully saturated rings. The van der Waals surface area contributed by atoms with Gasteiger partial charge in [-0.15, -0.1) is 24.0 Å². The van der Waals surface area contributed by atoms with E-state index in [1.54, 1.807) is 0 Å². The molecule has 0 saturated heterocycles. The Labute approximate surface area is 62.4 Å². The molecular weight excluding hydrogens is 145 g/mol. The van der Waals surface area contributed by atoms with Crippen LogP contribution in [0.5, 0.6) is 0 Å². The van der Waals surface area contributed by atoms with Crippen molar-refractivity contribution in [2.45, 2.75) is 13.0 Å². The predicted octanol–water partition coefficient (Wildman–Crippen LogP) is 1.60. The molecule has 0 saturated carbocycles. The molecule has 0 N–H and O–H groups in total. The lowest BCUT2D eigenvalue weighted by molar-refractivity contribution is 0.338. The Hall–Kier alpha value is 0.540. The van der Waals surface area contributed by atoms with Gasteiger partial charge in [-0.1, -0.05) is 0 Å². The minimum Gasteiger partial charge on any atom is -0.306 e. The van der Waals surface area contributed by atoms with E-state index >= 15 is 0 Å². The highest BCUT2D eigenvalue weighted by Crippen LogP contribution is 1.91. The molecule has 0 aromatic rings. The lowest BCUT2D eigenvalue weighted by atomic mass is 10.4. The molecule has 0 aromatic heterocycles. The van der Waals surface area contributed by atoms with Crippen LogP contribution in [-0.4, -0.2) is 30.9 Å². The molecule has 3 heteroatoms. The summed E-state index contributed by atoms with van der Waals surface area (Å²) in [5.41, 5.74) is 0. The van der Waals surface area contributed by atoms with Crippen LogP contribution in [0.15, 0.2) is 0 Å². The molecule has 0 spiro atoms. The van der Waals surface area contributed by atoms with E-state index in [-0.39, 0.29) is 12.4 Å². The fourth-order valence-corrected chi connectivity index (χ4v) is 0.414. The molecule has 0 amide bonds. The van der Waals surface area contributed by atoms with Gasteiger partial charge in [0.2, 0.25) is 0 Å². The average molecular weight is 158 g/mol. The zero-order valence-corrected chi connectivity index (χ0v) is 7.09. The smallest absolute Gasteiger partial charge is 0.0376 e. The van der Waals surface area contributed by atoms with Crippen LogP contribution in [0.4, 0.5) is 0 Å². The summed E-state index contributed by atoms with van der Waals surface area (Å²) in [4.78, 5) is 2.09. The average Bonchev–Trinajstić information content (AvgIpc) is 1.65. The minimum atomic E-state index is 0. The summed E-state index contributed by atoms with van der Waals surface area (Å²) in [6.07, 6.45) is 0. The number of hydrogen-bond acceptors (Lipinski definition) is 1. The number of halogens is 2. The van der Waals surface area contributed by atoms with Crippen LogP contribution in [-0.2, 0) is 0 Å². The van der Waals surface area contributed by atoms with Crippen LogP contribution in [0.25, 0.3) is 0 Å². The van der Waals surface area contributed by atoms with Gasteiger partial charge in [-0.3, -0.25) is 0 Å². The summed E-state index contributed by atoms with van der Waals surface area (Å²) < 4.78 is 0. The fraction of sp³-hybridized carbons (Fsp3) is 1.00. The van der Waals surface area contributed by atoms with E-state index in [0.717, 1.165) is 0 Å². The second-order valence-electron chi connectivity index (χ2n) is 1.97. The van der Waals surface area contributed by atoms with Gasteiger partial charge in [0.05, 0.1) is 0 Å². The molecule has 1 atom stereocenters. The summed E-state index contributed by atoms with van der Waals surface area (Å²) in [6, 6.07) is 0.502. The molecule has 52 valence electrons.